The number of ether oxygens (including phenoxy) is 2. The number of benzene rings is 1. The van der Waals surface area contributed by atoms with Crippen LogP contribution < -0.4 is 10.5 Å². The first-order chi connectivity index (χ1) is 9.30. The van der Waals surface area contributed by atoms with Gasteiger partial charge in [-0.25, -0.2) is 0 Å². The number of esters is 1. The van der Waals surface area contributed by atoms with Crippen molar-refractivity contribution in [1.29, 1.82) is 0 Å². The molecule has 0 heterocycles. The van der Waals surface area contributed by atoms with Gasteiger partial charge in [-0.3, -0.25) is 4.79 Å². The second-order valence-electron chi connectivity index (χ2n) is 6.24. The Morgan fingerprint density at radius 1 is 1.35 bits per heavy atom. The Bertz CT molecular complexity index is 438. The molecule has 1 rings (SSSR count). The van der Waals surface area contributed by atoms with Gasteiger partial charge in [0.2, 0.25) is 0 Å². The first-order valence-electron chi connectivity index (χ1n) is 6.84. The molecule has 20 heavy (non-hydrogen) atoms. The summed E-state index contributed by atoms with van der Waals surface area (Å²) in [6.45, 7) is 6.57. The normalized spacial score (nSPS) is 12.8. The Balaban J connectivity index is 2.39. The maximum absolute atomic E-state index is 11.7. The van der Waals surface area contributed by atoms with Gasteiger partial charge in [-0.05, 0) is 29.5 Å². The Morgan fingerprint density at radius 3 is 2.65 bits per heavy atom. The third-order valence-electron chi connectivity index (χ3n) is 2.84. The molecule has 0 radical (unpaired) electrons. The molecule has 0 aliphatic carbocycles. The van der Waals surface area contributed by atoms with E-state index in [2.05, 4.69) is 20.8 Å². The fourth-order valence-electron chi connectivity index (χ4n) is 2.06. The first kappa shape index (κ1) is 16.5. The molecule has 0 amide bonds. The molecule has 112 valence electrons. The lowest BCUT2D eigenvalue weighted by molar-refractivity contribution is -0.145. The van der Waals surface area contributed by atoms with Gasteiger partial charge in [0.15, 0.2) is 0 Å². The molecule has 1 atom stereocenters. The second-order valence-corrected chi connectivity index (χ2v) is 6.24. The van der Waals surface area contributed by atoms with Crippen molar-refractivity contribution in [1.82, 2.24) is 0 Å². The van der Waals surface area contributed by atoms with Crippen molar-refractivity contribution in [3.05, 3.63) is 29.8 Å². The van der Waals surface area contributed by atoms with Gasteiger partial charge in [0, 0.05) is 6.04 Å². The molecule has 4 nitrogen and oxygen atoms in total. The average molecular weight is 279 g/mol. The van der Waals surface area contributed by atoms with Crippen LogP contribution in [0, 0.1) is 5.41 Å². The molecule has 0 fully saturated rings. The smallest absolute Gasteiger partial charge is 0.307 e. The van der Waals surface area contributed by atoms with Crippen molar-refractivity contribution in [2.24, 2.45) is 11.1 Å². The van der Waals surface area contributed by atoms with Crippen molar-refractivity contribution in [2.45, 2.75) is 46.3 Å². The predicted octanol–water partition coefficient (Wildman–Crippen LogP) is 2.89. The molecule has 0 aromatic heterocycles. The molecule has 0 aliphatic rings. The van der Waals surface area contributed by atoms with Crippen LogP contribution in [0.4, 0.5) is 0 Å². The van der Waals surface area contributed by atoms with E-state index in [4.69, 9.17) is 15.2 Å². The van der Waals surface area contributed by atoms with Crippen molar-refractivity contribution in [3.63, 3.8) is 0 Å². The van der Waals surface area contributed by atoms with E-state index < -0.39 is 0 Å². The Hall–Kier alpha value is -1.55. The largest absolute Gasteiger partial charge is 0.497 e. The zero-order valence-corrected chi connectivity index (χ0v) is 12.8. The third kappa shape index (κ3) is 6.57. The Morgan fingerprint density at radius 2 is 2.05 bits per heavy atom. The minimum absolute atomic E-state index is 0.118. The summed E-state index contributed by atoms with van der Waals surface area (Å²) < 4.78 is 10.4. The highest BCUT2D eigenvalue weighted by Crippen LogP contribution is 2.21. The summed E-state index contributed by atoms with van der Waals surface area (Å²) in [7, 11) is 1.61. The lowest BCUT2D eigenvalue weighted by Crippen LogP contribution is -2.29. The van der Waals surface area contributed by atoms with Gasteiger partial charge < -0.3 is 15.2 Å². The molecule has 1 aromatic carbocycles. The van der Waals surface area contributed by atoms with E-state index in [-0.39, 0.29) is 30.5 Å². The van der Waals surface area contributed by atoms with Gasteiger partial charge in [0.05, 0.1) is 13.5 Å². The summed E-state index contributed by atoms with van der Waals surface area (Å²) >= 11 is 0. The van der Waals surface area contributed by atoms with E-state index in [0.717, 1.165) is 17.7 Å². The van der Waals surface area contributed by atoms with E-state index >= 15 is 0 Å². The molecule has 2 N–H and O–H groups in total. The van der Waals surface area contributed by atoms with Crippen LogP contribution in [0.2, 0.25) is 0 Å². The van der Waals surface area contributed by atoms with Crippen LogP contribution in [0.25, 0.3) is 0 Å². The summed E-state index contributed by atoms with van der Waals surface area (Å²) in [6, 6.07) is 7.30. The maximum atomic E-state index is 11.7. The van der Waals surface area contributed by atoms with E-state index in [0.29, 0.717) is 0 Å². The number of carbonyl (C=O) groups is 1. The third-order valence-corrected chi connectivity index (χ3v) is 2.84. The summed E-state index contributed by atoms with van der Waals surface area (Å²) in [5, 5.41) is 0. The molecule has 0 spiro atoms. The van der Waals surface area contributed by atoms with Crippen LogP contribution in [0.15, 0.2) is 24.3 Å². The van der Waals surface area contributed by atoms with Gasteiger partial charge >= 0.3 is 5.97 Å². The monoisotopic (exact) mass is 279 g/mol. The Labute approximate surface area is 121 Å². The zero-order valence-electron chi connectivity index (χ0n) is 12.8. The SMILES string of the molecule is COc1cccc(COC(=O)CC(N)CC(C)(C)C)c1. The minimum Gasteiger partial charge on any atom is -0.497 e. The van der Waals surface area contributed by atoms with E-state index in [1.165, 1.54) is 0 Å². The van der Waals surface area contributed by atoms with E-state index in [1.807, 2.05) is 24.3 Å². The van der Waals surface area contributed by atoms with Crippen molar-refractivity contribution in [2.75, 3.05) is 7.11 Å². The molecule has 0 saturated carbocycles. The van der Waals surface area contributed by atoms with Crippen molar-refractivity contribution in [3.8, 4) is 5.75 Å². The fourth-order valence-corrected chi connectivity index (χ4v) is 2.06. The minimum atomic E-state index is -0.260. The standard InChI is InChI=1S/C16H25NO3/c1-16(2,3)10-13(17)9-15(18)20-11-12-6-5-7-14(8-12)19-4/h5-8,13H,9-11,17H2,1-4H3. The number of hydrogen-bond acceptors (Lipinski definition) is 4. The van der Waals surface area contributed by atoms with Gasteiger partial charge in [-0.15, -0.1) is 0 Å². The van der Waals surface area contributed by atoms with Crippen LogP contribution in [0.3, 0.4) is 0 Å². The number of rotatable bonds is 6. The predicted molar refractivity (Wildman–Crippen MR) is 79.5 cm³/mol. The van der Waals surface area contributed by atoms with Gasteiger partial charge in [0.25, 0.3) is 0 Å². The number of methoxy groups -OCH3 is 1. The van der Waals surface area contributed by atoms with Crippen molar-refractivity contribution < 1.29 is 14.3 Å². The molecule has 1 aromatic rings. The van der Waals surface area contributed by atoms with Gasteiger partial charge in [-0.2, -0.15) is 0 Å². The summed E-state index contributed by atoms with van der Waals surface area (Å²) in [5.74, 6) is 0.493. The molecule has 1 unspecified atom stereocenters. The molecular weight excluding hydrogens is 254 g/mol. The molecule has 0 saturated heterocycles. The molecule has 0 aliphatic heterocycles. The van der Waals surface area contributed by atoms with Crippen LogP contribution >= 0.6 is 0 Å². The van der Waals surface area contributed by atoms with Crippen LogP contribution in [0.5, 0.6) is 5.75 Å². The van der Waals surface area contributed by atoms with Crippen molar-refractivity contribution >= 4 is 5.97 Å². The summed E-state index contributed by atoms with van der Waals surface area (Å²) in [5.41, 5.74) is 6.98. The lowest BCUT2D eigenvalue weighted by Gasteiger charge is -2.22. The number of carbonyl (C=O) groups excluding carboxylic acids is 1. The second kappa shape index (κ2) is 7.29. The van der Waals surface area contributed by atoms with E-state index in [9.17, 15) is 4.79 Å². The summed E-state index contributed by atoms with van der Waals surface area (Å²) in [4.78, 5) is 11.7. The molecule has 0 bridgehead atoms. The lowest BCUT2D eigenvalue weighted by atomic mass is 9.87. The molecule has 4 heteroatoms. The zero-order chi connectivity index (χ0) is 15.2. The summed E-state index contributed by atoms with van der Waals surface area (Å²) in [6.07, 6.45) is 1.04. The van der Waals surface area contributed by atoms with Gasteiger partial charge in [0.1, 0.15) is 12.4 Å². The van der Waals surface area contributed by atoms with Crippen LogP contribution in [0.1, 0.15) is 39.2 Å². The highest BCUT2D eigenvalue weighted by atomic mass is 16.5. The van der Waals surface area contributed by atoms with Crippen LogP contribution in [-0.4, -0.2) is 19.1 Å². The quantitative estimate of drug-likeness (QED) is 0.813. The first-order valence-corrected chi connectivity index (χ1v) is 6.84. The maximum Gasteiger partial charge on any atom is 0.307 e. The fraction of sp³-hybridized carbons (Fsp3) is 0.562. The molecular formula is C16H25NO3. The Kier molecular flexibility index (Phi) is 6.02. The van der Waals surface area contributed by atoms with E-state index in [1.54, 1.807) is 7.11 Å². The highest BCUT2D eigenvalue weighted by molar-refractivity contribution is 5.70. The number of hydrogen-bond donors (Lipinski definition) is 1. The highest BCUT2D eigenvalue weighted by Gasteiger charge is 2.18. The topological polar surface area (TPSA) is 61.5 Å². The average Bonchev–Trinajstić information content (AvgIpc) is 2.34. The number of nitrogens with two attached hydrogens (primary N) is 1. The van der Waals surface area contributed by atoms with Crippen LogP contribution in [-0.2, 0) is 16.1 Å². The van der Waals surface area contributed by atoms with Gasteiger partial charge in [-0.1, -0.05) is 32.9 Å².